The van der Waals surface area contributed by atoms with Gasteiger partial charge in [0.1, 0.15) is 0 Å². The lowest BCUT2D eigenvalue weighted by Crippen LogP contribution is -2.46. The largest absolute Gasteiger partial charge is 0.502 e. The summed E-state index contributed by atoms with van der Waals surface area (Å²) in [6.07, 6.45) is 0.658. The van der Waals surface area contributed by atoms with Crippen LogP contribution in [0.15, 0.2) is 11.0 Å². The third-order valence-corrected chi connectivity index (χ3v) is 2.81. The molecule has 0 bridgehead atoms. The molecule has 1 aromatic rings. The van der Waals surface area contributed by atoms with Crippen LogP contribution >= 0.6 is 0 Å². The van der Waals surface area contributed by atoms with Crippen molar-refractivity contribution in [2.45, 2.75) is 12.8 Å². The minimum atomic E-state index is -0.641. The van der Waals surface area contributed by atoms with Gasteiger partial charge in [-0.1, -0.05) is 0 Å². The first-order valence-electron chi connectivity index (χ1n) is 4.90. The van der Waals surface area contributed by atoms with Gasteiger partial charge in [-0.25, -0.2) is 0 Å². The first-order valence-corrected chi connectivity index (χ1v) is 4.90. The first-order chi connectivity index (χ1) is 7.68. The van der Waals surface area contributed by atoms with Crippen LogP contribution in [0.4, 0.5) is 0 Å². The Morgan fingerprint density at radius 1 is 1.50 bits per heavy atom. The van der Waals surface area contributed by atoms with E-state index < -0.39 is 17.1 Å². The molecule has 1 amide bonds. The molecule has 0 saturated carbocycles. The zero-order valence-electron chi connectivity index (χ0n) is 8.29. The van der Waals surface area contributed by atoms with E-state index in [0.29, 0.717) is 19.7 Å². The zero-order chi connectivity index (χ0) is 11.3. The van der Waals surface area contributed by atoms with Crippen LogP contribution in [-0.4, -0.2) is 45.1 Å². The van der Waals surface area contributed by atoms with E-state index in [2.05, 4.69) is 5.10 Å². The van der Waals surface area contributed by atoms with Crippen LogP contribution in [0.3, 0.4) is 0 Å². The van der Waals surface area contributed by atoms with Crippen LogP contribution in [0.5, 0.6) is 5.75 Å². The molecule has 1 unspecified atom stereocenters. The molecule has 2 aliphatic rings. The molecule has 0 spiro atoms. The maximum Gasteiger partial charge on any atom is 0.278 e. The van der Waals surface area contributed by atoms with E-state index in [0.717, 1.165) is 6.20 Å². The lowest BCUT2D eigenvalue weighted by Gasteiger charge is -2.30. The molecule has 16 heavy (non-hydrogen) atoms. The molecular formula is C9H9N3O4. The molecular weight excluding hydrogens is 214 g/mol. The van der Waals surface area contributed by atoms with E-state index in [9.17, 15) is 14.7 Å². The number of amides is 1. The van der Waals surface area contributed by atoms with Gasteiger partial charge >= 0.3 is 0 Å². The van der Waals surface area contributed by atoms with E-state index >= 15 is 0 Å². The van der Waals surface area contributed by atoms with Crippen molar-refractivity contribution in [1.29, 1.82) is 0 Å². The molecule has 3 rings (SSSR count). The Bertz CT molecular complexity index is 524. The number of hydrogen-bond acceptors (Lipinski definition) is 5. The summed E-state index contributed by atoms with van der Waals surface area (Å²) in [5.41, 5.74) is -0.688. The van der Waals surface area contributed by atoms with Gasteiger partial charge in [0, 0.05) is 6.54 Å². The molecule has 1 atom stereocenters. The van der Waals surface area contributed by atoms with Crippen molar-refractivity contribution in [3.05, 3.63) is 22.1 Å². The van der Waals surface area contributed by atoms with Crippen molar-refractivity contribution in [2.75, 3.05) is 13.2 Å². The molecule has 3 heterocycles. The molecule has 7 heteroatoms. The predicted octanol–water partition coefficient (Wildman–Crippen LogP) is -1.24. The normalized spacial score (nSPS) is 23.1. The van der Waals surface area contributed by atoms with Gasteiger partial charge in [0.2, 0.25) is 5.43 Å². The molecule has 1 aromatic heterocycles. The van der Waals surface area contributed by atoms with Crippen LogP contribution in [-0.2, 0) is 11.3 Å². The van der Waals surface area contributed by atoms with E-state index in [1.54, 1.807) is 0 Å². The lowest BCUT2D eigenvalue weighted by atomic mass is 10.2. The first kappa shape index (κ1) is 9.34. The molecule has 0 radical (unpaired) electrons. The SMILES string of the molecule is O=C1c2c(O)c(=O)cnn2CC2OCCN12. The Kier molecular flexibility index (Phi) is 1.78. The molecule has 1 saturated heterocycles. The number of ether oxygens (including phenoxy) is 1. The van der Waals surface area contributed by atoms with E-state index in [1.807, 2.05) is 0 Å². The topological polar surface area (TPSA) is 84.7 Å². The van der Waals surface area contributed by atoms with Crippen molar-refractivity contribution in [3.63, 3.8) is 0 Å². The number of rotatable bonds is 0. The Labute approximate surface area is 89.9 Å². The summed E-state index contributed by atoms with van der Waals surface area (Å²) >= 11 is 0. The van der Waals surface area contributed by atoms with Crippen molar-refractivity contribution in [1.82, 2.24) is 14.7 Å². The number of hydrogen-bond donors (Lipinski definition) is 1. The van der Waals surface area contributed by atoms with Crippen molar-refractivity contribution >= 4 is 5.91 Å². The summed E-state index contributed by atoms with van der Waals surface area (Å²) in [5.74, 6) is -0.943. The Morgan fingerprint density at radius 3 is 3.12 bits per heavy atom. The highest BCUT2D eigenvalue weighted by molar-refractivity contribution is 5.95. The molecule has 84 valence electrons. The molecule has 2 aliphatic heterocycles. The average Bonchev–Trinajstić information content (AvgIpc) is 2.72. The van der Waals surface area contributed by atoms with Gasteiger partial charge in [-0.2, -0.15) is 5.10 Å². The second-order valence-corrected chi connectivity index (χ2v) is 3.71. The van der Waals surface area contributed by atoms with Crippen molar-refractivity contribution < 1.29 is 14.6 Å². The third-order valence-electron chi connectivity index (χ3n) is 2.81. The van der Waals surface area contributed by atoms with E-state index in [4.69, 9.17) is 4.74 Å². The van der Waals surface area contributed by atoms with Crippen LogP contribution < -0.4 is 5.43 Å². The fourth-order valence-corrected chi connectivity index (χ4v) is 2.02. The Morgan fingerprint density at radius 2 is 2.31 bits per heavy atom. The molecule has 0 aliphatic carbocycles. The number of carbonyl (C=O) groups is 1. The highest BCUT2D eigenvalue weighted by Crippen LogP contribution is 2.24. The smallest absolute Gasteiger partial charge is 0.278 e. The summed E-state index contributed by atoms with van der Waals surface area (Å²) in [5, 5.41) is 13.4. The minimum absolute atomic E-state index is 0.0470. The van der Waals surface area contributed by atoms with Gasteiger partial charge in [-0.3, -0.25) is 14.3 Å². The number of fused-ring (bicyclic) bond motifs is 2. The summed E-state index contributed by atoms with van der Waals surface area (Å²) in [4.78, 5) is 24.7. The zero-order valence-corrected chi connectivity index (χ0v) is 8.29. The summed E-state index contributed by atoms with van der Waals surface area (Å²) in [7, 11) is 0. The third kappa shape index (κ3) is 1.09. The predicted molar refractivity (Wildman–Crippen MR) is 50.9 cm³/mol. The van der Waals surface area contributed by atoms with Gasteiger partial charge in [0.25, 0.3) is 5.91 Å². The summed E-state index contributed by atoms with van der Waals surface area (Å²) < 4.78 is 6.65. The monoisotopic (exact) mass is 223 g/mol. The highest BCUT2D eigenvalue weighted by atomic mass is 16.5. The van der Waals surface area contributed by atoms with Crippen LogP contribution in [0, 0.1) is 0 Å². The fraction of sp³-hybridized carbons (Fsp3) is 0.444. The van der Waals surface area contributed by atoms with Crippen LogP contribution in [0.25, 0.3) is 0 Å². The maximum absolute atomic E-state index is 12.0. The quantitative estimate of drug-likeness (QED) is 0.594. The standard InChI is InChI=1S/C9H9N3O4/c13-5-3-10-12-4-6-11(1-2-16-6)9(15)7(12)8(5)14/h3,6,14H,1-2,4H2. The summed E-state index contributed by atoms with van der Waals surface area (Å²) in [6, 6.07) is 0. The number of carbonyl (C=O) groups excluding carboxylic acids is 1. The van der Waals surface area contributed by atoms with Gasteiger partial charge in [0.05, 0.1) is 19.3 Å². The molecule has 1 N–H and O–H groups in total. The number of nitrogens with zero attached hydrogens (tertiary/aromatic N) is 3. The summed E-state index contributed by atoms with van der Waals surface area (Å²) in [6.45, 7) is 1.29. The van der Waals surface area contributed by atoms with Gasteiger partial charge < -0.3 is 14.7 Å². The van der Waals surface area contributed by atoms with Gasteiger partial charge in [-0.05, 0) is 0 Å². The van der Waals surface area contributed by atoms with Crippen LogP contribution in [0.2, 0.25) is 0 Å². The second kappa shape index (κ2) is 3.05. The van der Waals surface area contributed by atoms with Crippen molar-refractivity contribution in [3.8, 4) is 5.75 Å². The van der Waals surface area contributed by atoms with Crippen LogP contribution in [0.1, 0.15) is 10.5 Å². The molecule has 0 aromatic carbocycles. The molecule has 1 fully saturated rings. The van der Waals surface area contributed by atoms with Crippen molar-refractivity contribution in [2.24, 2.45) is 0 Å². The minimum Gasteiger partial charge on any atom is -0.502 e. The fourth-order valence-electron chi connectivity index (χ4n) is 2.02. The highest BCUT2D eigenvalue weighted by Gasteiger charge is 2.38. The number of aromatic nitrogens is 2. The lowest BCUT2D eigenvalue weighted by molar-refractivity contribution is 0.00547. The second-order valence-electron chi connectivity index (χ2n) is 3.71. The number of aromatic hydroxyl groups is 1. The Hall–Kier alpha value is -1.89. The van der Waals surface area contributed by atoms with E-state index in [1.165, 1.54) is 9.58 Å². The average molecular weight is 223 g/mol. The van der Waals surface area contributed by atoms with Gasteiger partial charge in [0.15, 0.2) is 17.7 Å². The van der Waals surface area contributed by atoms with E-state index in [-0.39, 0.29) is 11.9 Å². The maximum atomic E-state index is 12.0. The van der Waals surface area contributed by atoms with Gasteiger partial charge in [-0.15, -0.1) is 0 Å². The Balaban J connectivity index is 2.19. The molecule has 7 nitrogen and oxygen atoms in total.